The third-order valence-electron chi connectivity index (χ3n) is 4.96. The molecule has 0 aliphatic carbocycles. The monoisotopic (exact) mass is 421 g/mol. The zero-order chi connectivity index (χ0) is 20.4. The Morgan fingerprint density at radius 2 is 1.86 bits per heavy atom. The first-order valence-corrected chi connectivity index (χ1v) is 11.3. The van der Waals surface area contributed by atoms with Crippen molar-refractivity contribution in [2.24, 2.45) is 0 Å². The number of carbonyl (C=O) groups is 1. The van der Waals surface area contributed by atoms with Crippen LogP contribution in [-0.4, -0.2) is 55.3 Å². The summed E-state index contributed by atoms with van der Waals surface area (Å²) >= 11 is 6.31. The van der Waals surface area contributed by atoms with Crippen molar-refractivity contribution in [1.29, 1.82) is 0 Å². The molecular formula is C20H24ClN3O3S. The molecule has 0 unspecified atom stereocenters. The highest BCUT2D eigenvalue weighted by Crippen LogP contribution is 2.29. The fourth-order valence-corrected chi connectivity index (χ4v) is 4.73. The number of halogens is 1. The average Bonchev–Trinajstić information content (AvgIpc) is 2.66. The van der Waals surface area contributed by atoms with Gasteiger partial charge in [-0.3, -0.25) is 4.79 Å². The normalized spacial score (nSPS) is 16.6. The predicted molar refractivity (Wildman–Crippen MR) is 112 cm³/mol. The number of nitrogens with one attached hydrogen (secondary N) is 1. The van der Waals surface area contributed by atoms with Gasteiger partial charge in [0.1, 0.15) is 5.82 Å². The van der Waals surface area contributed by atoms with E-state index < -0.39 is 9.84 Å². The number of sulfone groups is 1. The molecule has 1 saturated heterocycles. The first-order chi connectivity index (χ1) is 13.2. The Morgan fingerprint density at radius 3 is 2.46 bits per heavy atom. The number of carbonyl (C=O) groups excluding carboxylic acids is 1. The number of nitrogens with zero attached hydrogens (tertiary/aromatic N) is 2. The maximum Gasteiger partial charge on any atom is 0.255 e. The molecule has 1 aromatic carbocycles. The van der Waals surface area contributed by atoms with Gasteiger partial charge in [0.15, 0.2) is 9.84 Å². The number of hydrogen-bond acceptors (Lipinski definition) is 5. The maximum atomic E-state index is 12.5. The summed E-state index contributed by atoms with van der Waals surface area (Å²) in [5, 5.41) is 4.02. The molecule has 150 valence electrons. The molecule has 28 heavy (non-hydrogen) atoms. The van der Waals surface area contributed by atoms with Crippen LogP contribution in [0.15, 0.2) is 42.6 Å². The minimum absolute atomic E-state index is 0.0168. The standard InChI is InChI=1S/C20H24ClN3O3S/c1-20(2,16-5-3-4-6-17(16)21)14-23-18-8-7-15(13-22-18)19(25)24-9-11-28(26,27)12-10-24/h3-8,13H,9-12,14H2,1-2H3,(H,22,23). The number of rotatable bonds is 5. The highest BCUT2D eigenvalue weighted by atomic mass is 35.5. The van der Waals surface area contributed by atoms with Gasteiger partial charge in [-0.2, -0.15) is 0 Å². The lowest BCUT2D eigenvalue weighted by molar-refractivity contribution is 0.0770. The molecule has 0 spiro atoms. The van der Waals surface area contributed by atoms with Gasteiger partial charge in [0.25, 0.3) is 5.91 Å². The highest BCUT2D eigenvalue weighted by molar-refractivity contribution is 7.91. The Hall–Kier alpha value is -2.12. The molecule has 1 fully saturated rings. The Kier molecular flexibility index (Phi) is 5.95. The van der Waals surface area contributed by atoms with E-state index in [1.807, 2.05) is 24.3 Å². The van der Waals surface area contributed by atoms with E-state index >= 15 is 0 Å². The van der Waals surface area contributed by atoms with E-state index in [2.05, 4.69) is 24.1 Å². The molecule has 1 aromatic heterocycles. The summed E-state index contributed by atoms with van der Waals surface area (Å²) in [5.74, 6) is 0.509. The zero-order valence-corrected chi connectivity index (χ0v) is 17.6. The number of anilines is 1. The van der Waals surface area contributed by atoms with Gasteiger partial charge < -0.3 is 10.2 Å². The van der Waals surface area contributed by atoms with Gasteiger partial charge in [-0.25, -0.2) is 13.4 Å². The smallest absolute Gasteiger partial charge is 0.255 e. The molecule has 1 aliphatic heterocycles. The Balaban J connectivity index is 1.62. The lowest BCUT2D eigenvalue weighted by Gasteiger charge is -2.27. The van der Waals surface area contributed by atoms with E-state index in [-0.39, 0.29) is 35.9 Å². The van der Waals surface area contributed by atoms with Crippen LogP contribution < -0.4 is 5.32 Å². The molecule has 8 heteroatoms. The Bertz CT molecular complexity index is 945. The minimum Gasteiger partial charge on any atom is -0.369 e. The van der Waals surface area contributed by atoms with E-state index in [4.69, 9.17) is 11.6 Å². The quantitative estimate of drug-likeness (QED) is 0.802. The summed E-state index contributed by atoms with van der Waals surface area (Å²) in [7, 11) is -3.01. The average molecular weight is 422 g/mol. The van der Waals surface area contributed by atoms with Crippen molar-refractivity contribution in [2.45, 2.75) is 19.3 Å². The third-order valence-corrected chi connectivity index (χ3v) is 6.90. The van der Waals surface area contributed by atoms with Crippen LogP contribution in [0, 0.1) is 0 Å². The van der Waals surface area contributed by atoms with Crippen molar-refractivity contribution in [1.82, 2.24) is 9.88 Å². The van der Waals surface area contributed by atoms with Gasteiger partial charge in [0.05, 0.1) is 17.1 Å². The fourth-order valence-electron chi connectivity index (χ4n) is 3.14. The molecule has 0 saturated carbocycles. The van der Waals surface area contributed by atoms with Crippen molar-refractivity contribution in [3.63, 3.8) is 0 Å². The zero-order valence-electron chi connectivity index (χ0n) is 16.0. The van der Waals surface area contributed by atoms with E-state index in [1.165, 1.54) is 6.20 Å². The first kappa shape index (κ1) is 20.6. The molecular weight excluding hydrogens is 398 g/mol. The van der Waals surface area contributed by atoms with Gasteiger partial charge >= 0.3 is 0 Å². The molecule has 6 nitrogen and oxygen atoms in total. The summed E-state index contributed by atoms with van der Waals surface area (Å²) < 4.78 is 23.0. The number of hydrogen-bond donors (Lipinski definition) is 1. The van der Waals surface area contributed by atoms with E-state index in [1.54, 1.807) is 17.0 Å². The molecule has 1 amide bonds. The number of pyridine rings is 1. The summed E-state index contributed by atoms with van der Waals surface area (Å²) in [6, 6.07) is 11.2. The van der Waals surface area contributed by atoms with Crippen LogP contribution in [0.4, 0.5) is 5.82 Å². The van der Waals surface area contributed by atoms with Crippen molar-refractivity contribution in [2.75, 3.05) is 36.5 Å². The predicted octanol–water partition coefficient (Wildman–Crippen LogP) is 3.00. The van der Waals surface area contributed by atoms with Crippen LogP contribution in [0.2, 0.25) is 5.02 Å². The lowest BCUT2D eigenvalue weighted by atomic mass is 9.84. The largest absolute Gasteiger partial charge is 0.369 e. The number of amides is 1. The van der Waals surface area contributed by atoms with Crippen LogP contribution in [0.25, 0.3) is 0 Å². The fraction of sp³-hybridized carbons (Fsp3) is 0.400. The van der Waals surface area contributed by atoms with Crippen molar-refractivity contribution >= 4 is 33.2 Å². The molecule has 0 atom stereocenters. The Morgan fingerprint density at radius 1 is 1.18 bits per heavy atom. The molecule has 0 bridgehead atoms. The molecule has 1 aliphatic rings. The third kappa shape index (κ3) is 4.83. The van der Waals surface area contributed by atoms with Gasteiger partial charge in [0, 0.05) is 36.3 Å². The molecule has 3 rings (SSSR count). The van der Waals surface area contributed by atoms with E-state index in [0.29, 0.717) is 17.9 Å². The summed E-state index contributed by atoms with van der Waals surface area (Å²) in [6.07, 6.45) is 1.52. The van der Waals surface area contributed by atoms with Crippen LogP contribution >= 0.6 is 11.6 Å². The van der Waals surface area contributed by atoms with Crippen molar-refractivity contribution < 1.29 is 13.2 Å². The number of benzene rings is 1. The molecule has 2 aromatic rings. The highest BCUT2D eigenvalue weighted by Gasteiger charge is 2.26. The molecule has 2 heterocycles. The Labute approximate surface area is 170 Å². The van der Waals surface area contributed by atoms with E-state index in [9.17, 15) is 13.2 Å². The second kappa shape index (κ2) is 8.09. The number of aromatic nitrogens is 1. The topological polar surface area (TPSA) is 79.4 Å². The second-order valence-electron chi connectivity index (χ2n) is 7.59. The first-order valence-electron chi connectivity index (χ1n) is 9.13. The summed E-state index contributed by atoms with van der Waals surface area (Å²) in [5.41, 5.74) is 1.31. The van der Waals surface area contributed by atoms with Crippen LogP contribution in [0.3, 0.4) is 0 Å². The minimum atomic E-state index is -3.01. The van der Waals surface area contributed by atoms with Gasteiger partial charge in [-0.15, -0.1) is 0 Å². The van der Waals surface area contributed by atoms with Crippen molar-refractivity contribution in [3.05, 3.63) is 58.7 Å². The molecule has 1 N–H and O–H groups in total. The van der Waals surface area contributed by atoms with Crippen LogP contribution in [0.1, 0.15) is 29.8 Å². The lowest BCUT2D eigenvalue weighted by Crippen LogP contribution is -2.43. The van der Waals surface area contributed by atoms with Gasteiger partial charge in [-0.1, -0.05) is 43.6 Å². The van der Waals surface area contributed by atoms with Gasteiger partial charge in [-0.05, 0) is 23.8 Å². The van der Waals surface area contributed by atoms with Crippen LogP contribution in [-0.2, 0) is 15.3 Å². The summed E-state index contributed by atoms with van der Waals surface area (Å²) in [6.45, 7) is 5.29. The van der Waals surface area contributed by atoms with Crippen LogP contribution in [0.5, 0.6) is 0 Å². The summed E-state index contributed by atoms with van der Waals surface area (Å²) in [4.78, 5) is 18.4. The SMILES string of the molecule is CC(C)(CNc1ccc(C(=O)N2CCS(=O)(=O)CC2)cn1)c1ccccc1Cl. The van der Waals surface area contributed by atoms with E-state index in [0.717, 1.165) is 10.6 Å². The van der Waals surface area contributed by atoms with Crippen molar-refractivity contribution in [3.8, 4) is 0 Å². The second-order valence-corrected chi connectivity index (χ2v) is 10.3. The molecule has 0 radical (unpaired) electrons. The maximum absolute atomic E-state index is 12.5. The van der Waals surface area contributed by atoms with Gasteiger partial charge in [0.2, 0.25) is 0 Å².